The smallest absolute Gasteiger partial charge is 0.0465 e. The van der Waals surface area contributed by atoms with Crippen LogP contribution < -0.4 is 5.73 Å². The molecule has 0 saturated heterocycles. The first-order chi connectivity index (χ1) is 6.65. The molecule has 0 unspecified atom stereocenters. The second-order valence-corrected chi connectivity index (χ2v) is 4.04. The second-order valence-electron chi connectivity index (χ2n) is 3.23. The third-order valence-electron chi connectivity index (χ3n) is 2.00. The molecule has 0 fully saturated rings. The van der Waals surface area contributed by atoms with Crippen molar-refractivity contribution in [3.05, 3.63) is 33.8 Å². The number of hydrogen-bond donors (Lipinski definition) is 1. The lowest BCUT2D eigenvalue weighted by atomic mass is 10.2. The fourth-order valence-electron chi connectivity index (χ4n) is 1.25. The fraction of sp³-hybridized carbons (Fsp3) is 0.400. The Bertz CT molecular complexity index is 282. The lowest BCUT2D eigenvalue weighted by molar-refractivity contribution is 0.336. The topological polar surface area (TPSA) is 29.3 Å². The van der Waals surface area contributed by atoms with E-state index in [2.05, 4.69) is 4.90 Å². The van der Waals surface area contributed by atoms with Crippen molar-refractivity contribution in [2.24, 2.45) is 5.73 Å². The predicted octanol–water partition coefficient (Wildman–Crippen LogP) is 2.38. The lowest BCUT2D eigenvalue weighted by Gasteiger charge is -2.17. The van der Waals surface area contributed by atoms with Crippen LogP contribution in [-0.4, -0.2) is 25.0 Å². The Morgan fingerprint density at radius 2 is 1.86 bits per heavy atom. The van der Waals surface area contributed by atoms with Crippen LogP contribution in [0.4, 0.5) is 0 Å². The molecule has 1 rings (SSSR count). The van der Waals surface area contributed by atoms with Crippen molar-refractivity contribution in [3.8, 4) is 0 Å². The molecule has 0 aromatic heterocycles. The number of hydrogen-bond acceptors (Lipinski definition) is 2. The Morgan fingerprint density at radius 1 is 1.29 bits per heavy atom. The van der Waals surface area contributed by atoms with Gasteiger partial charge in [-0.3, -0.25) is 0 Å². The molecule has 0 saturated carbocycles. The minimum absolute atomic E-state index is 0.637. The van der Waals surface area contributed by atoms with Gasteiger partial charge in [0.15, 0.2) is 0 Å². The molecule has 2 N–H and O–H groups in total. The van der Waals surface area contributed by atoms with Gasteiger partial charge in [0, 0.05) is 35.2 Å². The molecule has 1 aromatic rings. The molecule has 0 radical (unpaired) electrons. The molecule has 0 bridgehead atoms. The van der Waals surface area contributed by atoms with Crippen molar-refractivity contribution < 1.29 is 0 Å². The van der Waals surface area contributed by atoms with E-state index in [1.54, 1.807) is 0 Å². The van der Waals surface area contributed by atoms with Crippen LogP contribution in [0, 0.1) is 0 Å². The molecule has 0 amide bonds. The predicted molar refractivity (Wildman–Crippen MR) is 61.9 cm³/mol. The summed E-state index contributed by atoms with van der Waals surface area (Å²) in [5.74, 6) is 0. The van der Waals surface area contributed by atoms with E-state index in [0.717, 1.165) is 18.7 Å². The van der Waals surface area contributed by atoms with Gasteiger partial charge in [-0.15, -0.1) is 0 Å². The van der Waals surface area contributed by atoms with Crippen LogP contribution in [0.15, 0.2) is 18.2 Å². The molecule has 78 valence electrons. The zero-order valence-electron chi connectivity index (χ0n) is 8.13. The number of nitrogens with zero attached hydrogens (tertiary/aromatic N) is 1. The maximum atomic E-state index is 6.03. The number of halogens is 2. The Morgan fingerprint density at radius 3 is 2.36 bits per heavy atom. The summed E-state index contributed by atoms with van der Waals surface area (Å²) in [5.41, 5.74) is 6.42. The molecule has 0 spiro atoms. The highest BCUT2D eigenvalue weighted by atomic mass is 35.5. The molecular weight excluding hydrogens is 219 g/mol. The van der Waals surface area contributed by atoms with Crippen LogP contribution >= 0.6 is 23.2 Å². The number of nitrogens with two attached hydrogens (primary N) is 1. The number of likely N-dealkylation sites (N-methyl/N-ethyl adjacent to an activating group) is 1. The van der Waals surface area contributed by atoms with Crippen molar-refractivity contribution in [1.29, 1.82) is 0 Å². The lowest BCUT2D eigenvalue weighted by Crippen LogP contribution is -2.25. The summed E-state index contributed by atoms with van der Waals surface area (Å²) in [6, 6.07) is 5.54. The Labute approximate surface area is 94.6 Å². The van der Waals surface area contributed by atoms with E-state index in [1.807, 2.05) is 25.2 Å². The van der Waals surface area contributed by atoms with Gasteiger partial charge in [-0.05, 0) is 19.2 Å². The minimum Gasteiger partial charge on any atom is -0.329 e. The Kier molecular flexibility index (Phi) is 4.69. The average Bonchev–Trinajstić information content (AvgIpc) is 2.12. The van der Waals surface area contributed by atoms with Gasteiger partial charge in [-0.2, -0.15) is 0 Å². The van der Waals surface area contributed by atoms with Gasteiger partial charge in [0.05, 0.1) is 0 Å². The van der Waals surface area contributed by atoms with Crippen molar-refractivity contribution in [2.45, 2.75) is 6.54 Å². The first-order valence-electron chi connectivity index (χ1n) is 4.46. The van der Waals surface area contributed by atoms with E-state index in [9.17, 15) is 0 Å². The normalized spacial score (nSPS) is 10.9. The molecule has 4 heteroatoms. The van der Waals surface area contributed by atoms with Crippen molar-refractivity contribution in [1.82, 2.24) is 4.90 Å². The third kappa shape index (κ3) is 3.14. The molecule has 1 aromatic carbocycles. The summed E-state index contributed by atoms with van der Waals surface area (Å²) in [7, 11) is 1.99. The van der Waals surface area contributed by atoms with E-state index >= 15 is 0 Å². The third-order valence-corrected chi connectivity index (χ3v) is 2.71. The molecule has 2 nitrogen and oxygen atoms in total. The summed E-state index contributed by atoms with van der Waals surface area (Å²) in [6.07, 6.45) is 0. The van der Waals surface area contributed by atoms with Crippen LogP contribution in [0.25, 0.3) is 0 Å². The maximum absolute atomic E-state index is 6.03. The van der Waals surface area contributed by atoms with Crippen LogP contribution in [0.3, 0.4) is 0 Å². The van der Waals surface area contributed by atoms with E-state index < -0.39 is 0 Å². The summed E-state index contributed by atoms with van der Waals surface area (Å²) < 4.78 is 0. The number of rotatable bonds is 4. The monoisotopic (exact) mass is 232 g/mol. The van der Waals surface area contributed by atoms with Gasteiger partial charge in [0.1, 0.15) is 0 Å². The summed E-state index contributed by atoms with van der Waals surface area (Å²) in [4.78, 5) is 2.09. The largest absolute Gasteiger partial charge is 0.329 e. The fourth-order valence-corrected chi connectivity index (χ4v) is 1.77. The minimum atomic E-state index is 0.637. The summed E-state index contributed by atoms with van der Waals surface area (Å²) in [6.45, 7) is 2.20. The van der Waals surface area contributed by atoms with Gasteiger partial charge in [0.25, 0.3) is 0 Å². The van der Waals surface area contributed by atoms with E-state index in [-0.39, 0.29) is 0 Å². The van der Waals surface area contributed by atoms with E-state index in [4.69, 9.17) is 28.9 Å². The highest BCUT2D eigenvalue weighted by Gasteiger charge is 2.07. The summed E-state index contributed by atoms with van der Waals surface area (Å²) in [5, 5.41) is 1.42. The maximum Gasteiger partial charge on any atom is 0.0465 e. The molecular formula is C10H14Cl2N2. The van der Waals surface area contributed by atoms with Crippen LogP contribution in [-0.2, 0) is 6.54 Å². The zero-order chi connectivity index (χ0) is 10.6. The molecule has 14 heavy (non-hydrogen) atoms. The first kappa shape index (κ1) is 11.8. The SMILES string of the molecule is CN(CCN)Cc1c(Cl)cccc1Cl. The highest BCUT2D eigenvalue weighted by Crippen LogP contribution is 2.25. The van der Waals surface area contributed by atoms with Gasteiger partial charge in [0.2, 0.25) is 0 Å². The highest BCUT2D eigenvalue weighted by molar-refractivity contribution is 6.35. The Balaban J connectivity index is 2.75. The molecule has 0 aliphatic carbocycles. The van der Waals surface area contributed by atoms with Gasteiger partial charge >= 0.3 is 0 Å². The van der Waals surface area contributed by atoms with Crippen LogP contribution in [0.2, 0.25) is 10.0 Å². The van der Waals surface area contributed by atoms with Gasteiger partial charge < -0.3 is 10.6 Å². The van der Waals surface area contributed by atoms with E-state index in [0.29, 0.717) is 16.6 Å². The molecule has 0 aliphatic rings. The summed E-state index contributed by atoms with van der Waals surface area (Å²) >= 11 is 12.1. The molecule has 0 heterocycles. The zero-order valence-corrected chi connectivity index (χ0v) is 9.65. The van der Waals surface area contributed by atoms with Gasteiger partial charge in [-0.25, -0.2) is 0 Å². The quantitative estimate of drug-likeness (QED) is 0.865. The second kappa shape index (κ2) is 5.56. The van der Waals surface area contributed by atoms with Crippen LogP contribution in [0.5, 0.6) is 0 Å². The number of benzene rings is 1. The molecule has 0 atom stereocenters. The first-order valence-corrected chi connectivity index (χ1v) is 5.22. The van der Waals surface area contributed by atoms with E-state index in [1.165, 1.54) is 0 Å². The standard InChI is InChI=1S/C10H14Cl2N2/c1-14(6-5-13)7-8-9(11)3-2-4-10(8)12/h2-4H,5-7,13H2,1H3. The molecule has 0 aliphatic heterocycles. The van der Waals surface area contributed by atoms with Crippen molar-refractivity contribution >= 4 is 23.2 Å². The van der Waals surface area contributed by atoms with Gasteiger partial charge in [-0.1, -0.05) is 29.3 Å². The average molecular weight is 233 g/mol. The van der Waals surface area contributed by atoms with Crippen molar-refractivity contribution in [3.63, 3.8) is 0 Å². The van der Waals surface area contributed by atoms with Crippen molar-refractivity contribution in [2.75, 3.05) is 20.1 Å². The Hall–Kier alpha value is -0.280. The van der Waals surface area contributed by atoms with Crippen LogP contribution in [0.1, 0.15) is 5.56 Å².